The highest BCUT2D eigenvalue weighted by Crippen LogP contribution is 2.05. The Labute approximate surface area is 112 Å². The van der Waals surface area contributed by atoms with Crippen LogP contribution in [0.1, 0.15) is 38.8 Å². The van der Waals surface area contributed by atoms with Crippen LogP contribution in [0.15, 0.2) is 24.3 Å². The fourth-order valence-electron chi connectivity index (χ4n) is 1.86. The molecule has 18 heavy (non-hydrogen) atoms. The monoisotopic (exact) mass is 248 g/mol. The fourth-order valence-corrected chi connectivity index (χ4v) is 1.86. The molecule has 0 spiro atoms. The van der Waals surface area contributed by atoms with Crippen molar-refractivity contribution in [2.24, 2.45) is 11.8 Å². The van der Waals surface area contributed by atoms with Gasteiger partial charge in [0.15, 0.2) is 0 Å². The molecule has 1 rings (SSSR count). The number of benzene rings is 1. The van der Waals surface area contributed by atoms with E-state index in [0.717, 1.165) is 26.2 Å². The largest absolute Gasteiger partial charge is 0.312 e. The van der Waals surface area contributed by atoms with Gasteiger partial charge in [0.25, 0.3) is 0 Å². The average molecular weight is 248 g/mol. The molecule has 0 amide bonds. The smallest absolute Gasteiger partial charge is 0.0205 e. The summed E-state index contributed by atoms with van der Waals surface area (Å²) in [4.78, 5) is 0. The van der Waals surface area contributed by atoms with Gasteiger partial charge in [0.1, 0.15) is 0 Å². The molecule has 1 aromatic carbocycles. The molecule has 0 heterocycles. The molecule has 0 bridgehead atoms. The van der Waals surface area contributed by atoms with Gasteiger partial charge in [-0.25, -0.2) is 0 Å². The minimum Gasteiger partial charge on any atom is -0.312 e. The highest BCUT2D eigenvalue weighted by molar-refractivity contribution is 5.23. The standard InChI is InChI=1S/C16H28N2/c1-13(2)9-17-11-15-6-5-7-16(8-15)12-18-10-14(3)4/h5-8,13-14,17-18H,9-12H2,1-4H3. The zero-order chi connectivity index (χ0) is 13.4. The van der Waals surface area contributed by atoms with E-state index in [4.69, 9.17) is 0 Å². The van der Waals surface area contributed by atoms with E-state index in [1.807, 2.05) is 0 Å². The number of hydrogen-bond acceptors (Lipinski definition) is 2. The summed E-state index contributed by atoms with van der Waals surface area (Å²) in [5.74, 6) is 1.42. The van der Waals surface area contributed by atoms with Gasteiger partial charge in [-0.2, -0.15) is 0 Å². The van der Waals surface area contributed by atoms with Crippen LogP contribution in [0, 0.1) is 11.8 Å². The third-order valence-corrected chi connectivity index (χ3v) is 2.75. The molecule has 0 saturated carbocycles. The molecule has 0 aliphatic carbocycles. The van der Waals surface area contributed by atoms with Crippen LogP contribution in [0.4, 0.5) is 0 Å². The fraction of sp³-hybridized carbons (Fsp3) is 0.625. The molecule has 0 fully saturated rings. The Morgan fingerprint density at radius 3 is 1.67 bits per heavy atom. The van der Waals surface area contributed by atoms with Crippen LogP contribution in [-0.4, -0.2) is 13.1 Å². The van der Waals surface area contributed by atoms with Crippen LogP contribution < -0.4 is 10.6 Å². The summed E-state index contributed by atoms with van der Waals surface area (Å²) in [7, 11) is 0. The highest BCUT2D eigenvalue weighted by atomic mass is 14.9. The quantitative estimate of drug-likeness (QED) is 0.738. The first-order valence-corrected chi connectivity index (χ1v) is 7.07. The van der Waals surface area contributed by atoms with E-state index < -0.39 is 0 Å². The van der Waals surface area contributed by atoms with Gasteiger partial charge in [-0.3, -0.25) is 0 Å². The molecule has 2 nitrogen and oxygen atoms in total. The van der Waals surface area contributed by atoms with Crippen molar-refractivity contribution in [1.29, 1.82) is 0 Å². The van der Waals surface area contributed by atoms with Crippen molar-refractivity contribution in [3.8, 4) is 0 Å². The summed E-state index contributed by atoms with van der Waals surface area (Å²) < 4.78 is 0. The zero-order valence-electron chi connectivity index (χ0n) is 12.3. The van der Waals surface area contributed by atoms with Crippen LogP contribution in [-0.2, 0) is 13.1 Å². The van der Waals surface area contributed by atoms with E-state index in [-0.39, 0.29) is 0 Å². The van der Waals surface area contributed by atoms with E-state index in [0.29, 0.717) is 11.8 Å². The molecule has 2 heteroatoms. The summed E-state index contributed by atoms with van der Waals surface area (Å²) in [6.45, 7) is 13.0. The Bertz CT molecular complexity index is 302. The molecule has 102 valence electrons. The molecule has 0 radical (unpaired) electrons. The lowest BCUT2D eigenvalue weighted by atomic mass is 10.1. The molecule has 0 saturated heterocycles. The predicted molar refractivity (Wildman–Crippen MR) is 79.5 cm³/mol. The zero-order valence-corrected chi connectivity index (χ0v) is 12.3. The second-order valence-corrected chi connectivity index (χ2v) is 5.87. The lowest BCUT2D eigenvalue weighted by molar-refractivity contribution is 0.548. The molecular formula is C16H28N2. The van der Waals surface area contributed by atoms with Crippen molar-refractivity contribution in [3.63, 3.8) is 0 Å². The Morgan fingerprint density at radius 2 is 1.28 bits per heavy atom. The lowest BCUT2D eigenvalue weighted by Gasteiger charge is -2.10. The van der Waals surface area contributed by atoms with E-state index in [9.17, 15) is 0 Å². The van der Waals surface area contributed by atoms with Gasteiger partial charge >= 0.3 is 0 Å². The maximum absolute atomic E-state index is 3.48. The molecule has 0 aromatic heterocycles. The summed E-state index contributed by atoms with van der Waals surface area (Å²) in [6, 6.07) is 8.83. The van der Waals surface area contributed by atoms with Crippen LogP contribution in [0.5, 0.6) is 0 Å². The molecule has 2 N–H and O–H groups in total. The number of nitrogens with one attached hydrogen (secondary N) is 2. The first-order chi connectivity index (χ1) is 8.58. The number of rotatable bonds is 8. The molecular weight excluding hydrogens is 220 g/mol. The molecule has 1 aromatic rings. The second-order valence-electron chi connectivity index (χ2n) is 5.87. The van der Waals surface area contributed by atoms with E-state index in [1.54, 1.807) is 0 Å². The van der Waals surface area contributed by atoms with Gasteiger partial charge in [0.2, 0.25) is 0 Å². The van der Waals surface area contributed by atoms with Gasteiger partial charge in [-0.15, -0.1) is 0 Å². The first kappa shape index (κ1) is 15.2. The second kappa shape index (κ2) is 8.28. The lowest BCUT2D eigenvalue weighted by Crippen LogP contribution is -2.20. The third-order valence-electron chi connectivity index (χ3n) is 2.75. The Morgan fingerprint density at radius 1 is 0.833 bits per heavy atom. The first-order valence-electron chi connectivity index (χ1n) is 7.07. The Kier molecular flexibility index (Phi) is 6.99. The summed E-state index contributed by atoms with van der Waals surface area (Å²) >= 11 is 0. The van der Waals surface area contributed by atoms with Crippen LogP contribution in [0.2, 0.25) is 0 Å². The Balaban J connectivity index is 2.36. The van der Waals surface area contributed by atoms with Crippen molar-refractivity contribution in [1.82, 2.24) is 10.6 Å². The molecule has 0 atom stereocenters. The number of hydrogen-bond donors (Lipinski definition) is 2. The van der Waals surface area contributed by atoms with Gasteiger partial charge in [0, 0.05) is 13.1 Å². The van der Waals surface area contributed by atoms with E-state index in [2.05, 4.69) is 62.6 Å². The van der Waals surface area contributed by atoms with Crippen LogP contribution >= 0.6 is 0 Å². The van der Waals surface area contributed by atoms with Crippen LogP contribution in [0.3, 0.4) is 0 Å². The SMILES string of the molecule is CC(C)CNCc1cccc(CNCC(C)C)c1. The molecule has 0 unspecified atom stereocenters. The van der Waals surface area contributed by atoms with Gasteiger partial charge in [0.05, 0.1) is 0 Å². The predicted octanol–water partition coefficient (Wildman–Crippen LogP) is 3.18. The van der Waals surface area contributed by atoms with Crippen LogP contribution in [0.25, 0.3) is 0 Å². The highest BCUT2D eigenvalue weighted by Gasteiger charge is 1.98. The van der Waals surface area contributed by atoms with Crippen molar-refractivity contribution >= 4 is 0 Å². The minimum atomic E-state index is 0.709. The van der Waals surface area contributed by atoms with Gasteiger partial charge in [-0.1, -0.05) is 52.0 Å². The summed E-state index contributed by atoms with van der Waals surface area (Å²) in [6.07, 6.45) is 0. The van der Waals surface area contributed by atoms with Gasteiger partial charge < -0.3 is 10.6 Å². The summed E-state index contributed by atoms with van der Waals surface area (Å²) in [5.41, 5.74) is 2.75. The minimum absolute atomic E-state index is 0.709. The van der Waals surface area contributed by atoms with Gasteiger partial charge in [-0.05, 0) is 36.1 Å². The van der Waals surface area contributed by atoms with Crippen molar-refractivity contribution in [2.45, 2.75) is 40.8 Å². The molecule has 0 aliphatic rings. The third kappa shape index (κ3) is 6.77. The van der Waals surface area contributed by atoms with E-state index >= 15 is 0 Å². The Hall–Kier alpha value is -0.860. The van der Waals surface area contributed by atoms with E-state index in [1.165, 1.54) is 11.1 Å². The maximum atomic E-state index is 3.48. The maximum Gasteiger partial charge on any atom is 0.0205 e. The summed E-state index contributed by atoms with van der Waals surface area (Å²) in [5, 5.41) is 6.96. The topological polar surface area (TPSA) is 24.1 Å². The average Bonchev–Trinajstić information content (AvgIpc) is 2.28. The van der Waals surface area contributed by atoms with Crippen molar-refractivity contribution < 1.29 is 0 Å². The van der Waals surface area contributed by atoms with Crippen molar-refractivity contribution in [2.75, 3.05) is 13.1 Å². The molecule has 0 aliphatic heterocycles. The normalized spacial score (nSPS) is 11.4. The van der Waals surface area contributed by atoms with Crippen molar-refractivity contribution in [3.05, 3.63) is 35.4 Å².